The van der Waals surface area contributed by atoms with Gasteiger partial charge in [-0.3, -0.25) is 4.79 Å². The smallest absolute Gasteiger partial charge is 0.340 e. The van der Waals surface area contributed by atoms with Crippen molar-refractivity contribution in [1.29, 1.82) is 0 Å². The summed E-state index contributed by atoms with van der Waals surface area (Å²) in [6.07, 6.45) is 1.56. The van der Waals surface area contributed by atoms with E-state index in [2.05, 4.69) is 10.1 Å². The van der Waals surface area contributed by atoms with Crippen molar-refractivity contribution < 1.29 is 23.8 Å². The molecule has 1 aliphatic rings. The van der Waals surface area contributed by atoms with Gasteiger partial charge in [-0.2, -0.15) is 0 Å². The molecule has 5 nitrogen and oxygen atoms in total. The number of hydrogen-bond donors (Lipinski definition) is 2. The number of halogens is 1. The SMILES string of the molecule is COC(=O)c1cc(F)cc(O)c1NC(=O)C1CC1. The first kappa shape index (κ1) is 12.3. The molecule has 0 spiro atoms. The largest absolute Gasteiger partial charge is 0.506 e. The van der Waals surface area contributed by atoms with Gasteiger partial charge in [0.15, 0.2) is 0 Å². The lowest BCUT2D eigenvalue weighted by Crippen LogP contribution is -2.17. The zero-order valence-electron chi connectivity index (χ0n) is 9.70. The highest BCUT2D eigenvalue weighted by atomic mass is 19.1. The van der Waals surface area contributed by atoms with E-state index in [0.717, 1.165) is 32.1 Å². The van der Waals surface area contributed by atoms with Gasteiger partial charge in [-0.15, -0.1) is 0 Å². The minimum Gasteiger partial charge on any atom is -0.506 e. The first-order valence-electron chi connectivity index (χ1n) is 5.44. The molecule has 6 heteroatoms. The molecular weight excluding hydrogens is 241 g/mol. The number of ether oxygens (including phenoxy) is 1. The Hall–Kier alpha value is -2.11. The Bertz CT molecular complexity index is 511. The molecule has 0 bridgehead atoms. The van der Waals surface area contributed by atoms with Crippen LogP contribution in [0.4, 0.5) is 10.1 Å². The van der Waals surface area contributed by atoms with Crippen LogP contribution < -0.4 is 5.32 Å². The summed E-state index contributed by atoms with van der Waals surface area (Å²) in [6, 6.07) is 1.74. The van der Waals surface area contributed by atoms with Crippen molar-refractivity contribution in [3.05, 3.63) is 23.5 Å². The average molecular weight is 253 g/mol. The number of phenols is 1. The third kappa shape index (κ3) is 2.42. The Balaban J connectivity index is 2.36. The number of nitrogens with one attached hydrogen (secondary N) is 1. The third-order valence-corrected chi connectivity index (χ3v) is 2.68. The van der Waals surface area contributed by atoms with Crippen LogP contribution >= 0.6 is 0 Å². The van der Waals surface area contributed by atoms with E-state index in [4.69, 9.17) is 0 Å². The first-order valence-corrected chi connectivity index (χ1v) is 5.44. The van der Waals surface area contributed by atoms with Crippen LogP contribution in [0.3, 0.4) is 0 Å². The molecule has 0 aromatic heterocycles. The molecule has 2 N–H and O–H groups in total. The number of phenolic OH excluding ortho intramolecular Hbond substituents is 1. The molecule has 0 atom stereocenters. The zero-order valence-corrected chi connectivity index (χ0v) is 9.70. The number of amides is 1. The maximum atomic E-state index is 13.1. The van der Waals surface area contributed by atoms with Crippen molar-refractivity contribution in [3.63, 3.8) is 0 Å². The summed E-state index contributed by atoms with van der Waals surface area (Å²) >= 11 is 0. The maximum Gasteiger partial charge on any atom is 0.340 e. The van der Waals surface area contributed by atoms with E-state index in [9.17, 15) is 19.1 Å². The van der Waals surface area contributed by atoms with Gasteiger partial charge in [0, 0.05) is 12.0 Å². The van der Waals surface area contributed by atoms with Crippen LogP contribution in [0.1, 0.15) is 23.2 Å². The van der Waals surface area contributed by atoms with Gasteiger partial charge in [0.2, 0.25) is 5.91 Å². The van der Waals surface area contributed by atoms with Gasteiger partial charge in [-0.25, -0.2) is 9.18 Å². The Kier molecular flexibility index (Phi) is 3.18. The zero-order chi connectivity index (χ0) is 13.3. The minimum atomic E-state index is -0.823. The van der Waals surface area contributed by atoms with Gasteiger partial charge in [0.05, 0.1) is 18.4 Å². The van der Waals surface area contributed by atoms with Gasteiger partial charge < -0.3 is 15.2 Å². The molecule has 1 saturated carbocycles. The number of rotatable bonds is 3. The fourth-order valence-electron chi connectivity index (χ4n) is 1.57. The van der Waals surface area contributed by atoms with Crippen LogP contribution in [0.25, 0.3) is 0 Å². The molecule has 1 aromatic rings. The molecule has 1 amide bonds. The van der Waals surface area contributed by atoms with Gasteiger partial charge in [-0.05, 0) is 18.9 Å². The third-order valence-electron chi connectivity index (χ3n) is 2.68. The quantitative estimate of drug-likeness (QED) is 0.634. The van der Waals surface area contributed by atoms with E-state index in [1.165, 1.54) is 0 Å². The second-order valence-corrected chi connectivity index (χ2v) is 4.10. The van der Waals surface area contributed by atoms with E-state index < -0.39 is 17.5 Å². The van der Waals surface area contributed by atoms with Crippen molar-refractivity contribution in [2.75, 3.05) is 12.4 Å². The fourth-order valence-corrected chi connectivity index (χ4v) is 1.57. The Morgan fingerprint density at radius 1 is 1.44 bits per heavy atom. The van der Waals surface area contributed by atoms with E-state index in [1.54, 1.807) is 0 Å². The van der Waals surface area contributed by atoms with Gasteiger partial charge >= 0.3 is 5.97 Å². The monoisotopic (exact) mass is 253 g/mol. The van der Waals surface area contributed by atoms with Gasteiger partial charge in [0.25, 0.3) is 0 Å². The number of benzene rings is 1. The molecule has 96 valence electrons. The van der Waals surface area contributed by atoms with Gasteiger partial charge in [0.1, 0.15) is 11.6 Å². The normalized spacial score (nSPS) is 14.1. The van der Waals surface area contributed by atoms with Gasteiger partial charge in [-0.1, -0.05) is 0 Å². The van der Waals surface area contributed by atoms with Crippen LogP contribution in [0.15, 0.2) is 12.1 Å². The second kappa shape index (κ2) is 4.64. The lowest BCUT2D eigenvalue weighted by atomic mass is 10.1. The highest BCUT2D eigenvalue weighted by molar-refractivity contribution is 6.04. The summed E-state index contributed by atoms with van der Waals surface area (Å²) in [4.78, 5) is 23.1. The van der Waals surface area contributed by atoms with Crippen LogP contribution in [-0.2, 0) is 9.53 Å². The summed E-state index contributed by atoms with van der Waals surface area (Å²) in [5.74, 6) is -2.49. The standard InChI is InChI=1S/C12H12FNO4/c1-18-12(17)8-4-7(13)5-9(15)10(8)14-11(16)6-2-3-6/h4-6,15H,2-3H2,1H3,(H,14,16). The molecule has 1 fully saturated rings. The molecule has 0 saturated heterocycles. The molecular formula is C12H12FNO4. The summed E-state index contributed by atoms with van der Waals surface area (Å²) in [5.41, 5.74) is -0.316. The lowest BCUT2D eigenvalue weighted by molar-refractivity contribution is -0.117. The highest BCUT2D eigenvalue weighted by Gasteiger charge is 2.31. The summed E-state index contributed by atoms with van der Waals surface area (Å²) < 4.78 is 17.6. The molecule has 0 radical (unpaired) electrons. The Morgan fingerprint density at radius 3 is 2.67 bits per heavy atom. The number of esters is 1. The molecule has 1 aliphatic carbocycles. The average Bonchev–Trinajstić information content (AvgIpc) is 3.15. The molecule has 2 rings (SSSR count). The van der Waals surface area contributed by atoms with Crippen molar-refractivity contribution in [2.45, 2.75) is 12.8 Å². The van der Waals surface area contributed by atoms with Crippen LogP contribution in [0, 0.1) is 11.7 Å². The van der Waals surface area contributed by atoms with Crippen LogP contribution in [0.2, 0.25) is 0 Å². The van der Waals surface area contributed by atoms with Crippen molar-refractivity contribution in [2.24, 2.45) is 5.92 Å². The van der Waals surface area contributed by atoms with E-state index in [1.807, 2.05) is 0 Å². The number of methoxy groups -OCH3 is 1. The first-order chi connectivity index (χ1) is 8.52. The van der Waals surface area contributed by atoms with Crippen LogP contribution in [0.5, 0.6) is 5.75 Å². The predicted octanol–water partition coefficient (Wildman–Crippen LogP) is 1.67. The Morgan fingerprint density at radius 2 is 2.11 bits per heavy atom. The summed E-state index contributed by atoms with van der Waals surface area (Å²) in [5, 5.41) is 12.0. The number of carbonyl (C=O) groups is 2. The molecule has 0 heterocycles. The van der Waals surface area contributed by atoms with Crippen molar-refractivity contribution in [3.8, 4) is 5.75 Å². The highest BCUT2D eigenvalue weighted by Crippen LogP contribution is 2.34. The maximum absolute atomic E-state index is 13.1. The number of carbonyl (C=O) groups excluding carboxylic acids is 2. The minimum absolute atomic E-state index is 0.0973. The number of hydrogen-bond acceptors (Lipinski definition) is 4. The molecule has 1 aromatic carbocycles. The topological polar surface area (TPSA) is 75.6 Å². The molecule has 18 heavy (non-hydrogen) atoms. The number of aromatic hydroxyl groups is 1. The van der Waals surface area contributed by atoms with Crippen LogP contribution in [-0.4, -0.2) is 24.1 Å². The number of anilines is 1. The lowest BCUT2D eigenvalue weighted by Gasteiger charge is -2.11. The van der Waals surface area contributed by atoms with E-state index >= 15 is 0 Å². The van der Waals surface area contributed by atoms with E-state index in [-0.39, 0.29) is 23.1 Å². The van der Waals surface area contributed by atoms with E-state index in [0.29, 0.717) is 0 Å². The fraction of sp³-hybridized carbons (Fsp3) is 0.333. The summed E-state index contributed by atoms with van der Waals surface area (Å²) in [7, 11) is 1.14. The van der Waals surface area contributed by atoms with Crippen molar-refractivity contribution >= 4 is 17.6 Å². The van der Waals surface area contributed by atoms with Crippen molar-refractivity contribution in [1.82, 2.24) is 0 Å². The summed E-state index contributed by atoms with van der Waals surface area (Å²) in [6.45, 7) is 0. The molecule has 0 aliphatic heterocycles. The molecule has 0 unspecified atom stereocenters. The predicted molar refractivity (Wildman–Crippen MR) is 60.8 cm³/mol. The second-order valence-electron chi connectivity index (χ2n) is 4.10. The Labute approximate surface area is 103 Å².